The summed E-state index contributed by atoms with van der Waals surface area (Å²) in [6.45, 7) is 10.7. The van der Waals surface area contributed by atoms with Crippen LogP contribution in [0, 0.1) is 5.92 Å². The van der Waals surface area contributed by atoms with Crippen LogP contribution in [0.5, 0.6) is 0 Å². The van der Waals surface area contributed by atoms with E-state index in [0.717, 1.165) is 11.3 Å². The SMILES string of the molecule is CC(C)C[C@H](NC(=O)c1ccc(N(C)C)cc1)C(=O)N1CCC2[C@H]1C(=O)CN2C(=O)c1ccc(C(C)(C)C)cc1. The van der Waals surface area contributed by atoms with Gasteiger partial charge < -0.3 is 20.0 Å². The highest BCUT2D eigenvalue weighted by atomic mass is 16.2. The van der Waals surface area contributed by atoms with Crippen LogP contribution in [0.1, 0.15) is 73.7 Å². The average Bonchev–Trinajstić information content (AvgIpc) is 3.48. The third kappa shape index (κ3) is 6.06. The van der Waals surface area contributed by atoms with Crippen molar-refractivity contribution in [2.75, 3.05) is 32.1 Å². The van der Waals surface area contributed by atoms with Crippen molar-refractivity contribution in [3.63, 3.8) is 0 Å². The summed E-state index contributed by atoms with van der Waals surface area (Å²) >= 11 is 0. The molecule has 2 aliphatic heterocycles. The number of rotatable bonds is 7. The maximum Gasteiger partial charge on any atom is 0.254 e. The number of anilines is 1. The van der Waals surface area contributed by atoms with Crippen LogP contribution in [-0.2, 0) is 15.0 Å². The lowest BCUT2D eigenvalue weighted by Crippen LogP contribution is -2.53. The molecule has 0 saturated carbocycles. The molecule has 0 spiro atoms. The topological polar surface area (TPSA) is 90.0 Å². The number of carbonyl (C=O) groups excluding carboxylic acids is 4. The van der Waals surface area contributed by atoms with Crippen molar-refractivity contribution >= 4 is 29.2 Å². The third-order valence-corrected chi connectivity index (χ3v) is 7.92. The van der Waals surface area contributed by atoms with Gasteiger partial charge >= 0.3 is 0 Å². The molecule has 0 radical (unpaired) electrons. The zero-order valence-electron chi connectivity index (χ0n) is 24.7. The van der Waals surface area contributed by atoms with Crippen LogP contribution < -0.4 is 10.2 Å². The van der Waals surface area contributed by atoms with E-state index in [4.69, 9.17) is 0 Å². The summed E-state index contributed by atoms with van der Waals surface area (Å²) in [4.78, 5) is 58.7. The number of benzene rings is 2. The van der Waals surface area contributed by atoms with Crippen molar-refractivity contribution in [3.8, 4) is 0 Å². The van der Waals surface area contributed by atoms with E-state index in [2.05, 4.69) is 26.1 Å². The number of Topliss-reactive ketones (excluding diaryl/α,β-unsaturated/α-hetero) is 1. The molecule has 3 amide bonds. The summed E-state index contributed by atoms with van der Waals surface area (Å²) in [5.74, 6) is -0.768. The number of hydrogen-bond donors (Lipinski definition) is 1. The van der Waals surface area contributed by atoms with Gasteiger partial charge in [-0.3, -0.25) is 19.2 Å². The number of ketones is 1. The van der Waals surface area contributed by atoms with Crippen LogP contribution in [0.2, 0.25) is 0 Å². The minimum absolute atomic E-state index is 0.0155. The second kappa shape index (κ2) is 11.4. The highest BCUT2D eigenvalue weighted by Crippen LogP contribution is 2.32. The molecule has 2 aromatic rings. The molecule has 214 valence electrons. The zero-order chi connectivity index (χ0) is 29.4. The molecule has 3 atom stereocenters. The van der Waals surface area contributed by atoms with Crippen molar-refractivity contribution in [1.82, 2.24) is 15.1 Å². The van der Waals surface area contributed by atoms with E-state index in [-0.39, 0.29) is 47.4 Å². The molecule has 4 rings (SSSR count). The van der Waals surface area contributed by atoms with Gasteiger partial charge in [-0.15, -0.1) is 0 Å². The smallest absolute Gasteiger partial charge is 0.254 e. The third-order valence-electron chi connectivity index (χ3n) is 7.92. The van der Waals surface area contributed by atoms with E-state index in [1.165, 1.54) is 0 Å². The van der Waals surface area contributed by atoms with E-state index in [0.29, 0.717) is 30.5 Å². The Bertz CT molecular complexity index is 1260. The maximum atomic E-state index is 13.8. The van der Waals surface area contributed by atoms with Crippen LogP contribution in [0.3, 0.4) is 0 Å². The molecule has 0 bridgehead atoms. The first-order chi connectivity index (χ1) is 18.8. The van der Waals surface area contributed by atoms with Gasteiger partial charge in [-0.05, 0) is 66.1 Å². The summed E-state index contributed by atoms with van der Waals surface area (Å²) in [5, 5.41) is 2.93. The van der Waals surface area contributed by atoms with Crippen molar-refractivity contribution in [1.29, 1.82) is 0 Å². The van der Waals surface area contributed by atoms with Gasteiger partial charge in [-0.25, -0.2) is 0 Å². The summed E-state index contributed by atoms with van der Waals surface area (Å²) in [7, 11) is 3.86. The Morgan fingerprint density at radius 3 is 2.10 bits per heavy atom. The molecule has 8 nitrogen and oxygen atoms in total. The lowest BCUT2D eigenvalue weighted by Gasteiger charge is -2.29. The highest BCUT2D eigenvalue weighted by Gasteiger charge is 2.52. The zero-order valence-corrected chi connectivity index (χ0v) is 24.7. The van der Waals surface area contributed by atoms with Gasteiger partial charge in [0.05, 0.1) is 12.6 Å². The van der Waals surface area contributed by atoms with Crippen molar-refractivity contribution in [2.24, 2.45) is 5.92 Å². The quantitative estimate of drug-likeness (QED) is 0.569. The van der Waals surface area contributed by atoms with E-state index >= 15 is 0 Å². The molecule has 1 N–H and O–H groups in total. The summed E-state index contributed by atoms with van der Waals surface area (Å²) in [6, 6.07) is 12.9. The molecule has 40 heavy (non-hydrogen) atoms. The number of hydrogen-bond acceptors (Lipinski definition) is 5. The van der Waals surface area contributed by atoms with Crippen molar-refractivity contribution in [2.45, 2.75) is 71.0 Å². The normalized spacial score (nSPS) is 19.6. The van der Waals surface area contributed by atoms with E-state index < -0.39 is 12.1 Å². The minimum atomic E-state index is -0.762. The monoisotopic (exact) mass is 546 g/mol. The predicted molar refractivity (Wildman–Crippen MR) is 157 cm³/mol. The molecular weight excluding hydrogens is 504 g/mol. The number of amides is 3. The average molecular weight is 547 g/mol. The van der Waals surface area contributed by atoms with Crippen LogP contribution in [0.4, 0.5) is 5.69 Å². The molecular formula is C32H42N4O4. The van der Waals surface area contributed by atoms with Gasteiger partial charge in [0.15, 0.2) is 5.78 Å². The number of fused-ring (bicyclic) bond motifs is 1. The minimum Gasteiger partial charge on any atom is -0.378 e. The van der Waals surface area contributed by atoms with Crippen molar-refractivity contribution < 1.29 is 19.2 Å². The Balaban J connectivity index is 1.49. The molecule has 2 aromatic carbocycles. The molecule has 0 aliphatic carbocycles. The lowest BCUT2D eigenvalue weighted by atomic mass is 9.86. The number of likely N-dealkylation sites (tertiary alicyclic amines) is 2. The largest absolute Gasteiger partial charge is 0.378 e. The number of nitrogens with one attached hydrogen (secondary N) is 1. The first-order valence-electron chi connectivity index (χ1n) is 14.1. The van der Waals surface area contributed by atoms with E-state index in [1.807, 2.05) is 69.2 Å². The van der Waals surface area contributed by atoms with Gasteiger partial charge in [-0.1, -0.05) is 46.8 Å². The molecule has 1 unspecified atom stereocenters. The molecule has 2 fully saturated rings. The summed E-state index contributed by atoms with van der Waals surface area (Å²) in [5.41, 5.74) is 3.08. The Kier molecular flexibility index (Phi) is 8.38. The molecule has 2 aliphatic rings. The fraction of sp³-hybridized carbons (Fsp3) is 0.500. The summed E-state index contributed by atoms with van der Waals surface area (Å²) in [6.07, 6.45) is 0.980. The lowest BCUT2D eigenvalue weighted by molar-refractivity contribution is -0.138. The van der Waals surface area contributed by atoms with E-state index in [1.54, 1.807) is 21.9 Å². The standard InChI is InChI=1S/C32H42N4O4/c1-20(2)18-25(33-29(38)21-10-14-24(15-11-21)34(6)7)31(40)35-17-16-26-28(35)27(37)19-36(26)30(39)22-8-12-23(13-9-22)32(3,4)5/h8-15,20,25-26,28H,16-19H2,1-7H3,(H,33,38)/t25-,26?,28-/m0/s1. The van der Waals surface area contributed by atoms with Gasteiger partial charge in [0, 0.05) is 37.5 Å². The van der Waals surface area contributed by atoms with E-state index in [9.17, 15) is 19.2 Å². The fourth-order valence-corrected chi connectivity index (χ4v) is 5.66. The molecule has 8 heteroatoms. The highest BCUT2D eigenvalue weighted by molar-refractivity contribution is 6.03. The van der Waals surface area contributed by atoms with Crippen LogP contribution in [-0.4, -0.2) is 78.6 Å². The number of carbonyl (C=O) groups is 4. The summed E-state index contributed by atoms with van der Waals surface area (Å²) < 4.78 is 0. The first kappa shape index (κ1) is 29.3. The van der Waals surface area contributed by atoms with Gasteiger partial charge in [0.1, 0.15) is 12.1 Å². The Labute approximate surface area is 237 Å². The van der Waals surface area contributed by atoms with Gasteiger partial charge in [-0.2, -0.15) is 0 Å². The van der Waals surface area contributed by atoms with Crippen molar-refractivity contribution in [3.05, 3.63) is 65.2 Å². The van der Waals surface area contributed by atoms with Gasteiger partial charge in [0.25, 0.3) is 11.8 Å². The second-order valence-corrected chi connectivity index (χ2v) is 12.7. The second-order valence-electron chi connectivity index (χ2n) is 12.7. The fourth-order valence-electron chi connectivity index (χ4n) is 5.66. The molecule has 0 aromatic heterocycles. The number of nitrogens with zero attached hydrogens (tertiary/aromatic N) is 3. The molecule has 2 saturated heterocycles. The Hall–Kier alpha value is -3.68. The Morgan fingerprint density at radius 1 is 0.950 bits per heavy atom. The maximum absolute atomic E-state index is 13.8. The van der Waals surface area contributed by atoms with Crippen LogP contribution >= 0.6 is 0 Å². The van der Waals surface area contributed by atoms with Crippen LogP contribution in [0.15, 0.2) is 48.5 Å². The predicted octanol–water partition coefficient (Wildman–Crippen LogP) is 3.89. The Morgan fingerprint density at radius 2 is 1.55 bits per heavy atom. The first-order valence-corrected chi connectivity index (χ1v) is 14.1. The molecule has 2 heterocycles. The van der Waals surface area contributed by atoms with Crippen LogP contribution in [0.25, 0.3) is 0 Å². The van der Waals surface area contributed by atoms with Gasteiger partial charge in [0.2, 0.25) is 5.91 Å².